The number of nitrogens with zero attached hydrogens (tertiary/aromatic N) is 2. The monoisotopic (exact) mass is 437 g/mol. The smallest absolute Gasteiger partial charge is 0.215 e. The Bertz CT molecular complexity index is 754. The Balaban J connectivity index is 1.86. The number of rotatable bonds is 9. The van der Waals surface area contributed by atoms with Crippen LogP contribution in [0.3, 0.4) is 0 Å². The molecule has 2 rings (SSSR count). The van der Waals surface area contributed by atoms with Crippen LogP contribution < -0.4 is 15.4 Å². The molecule has 0 amide bonds. The first-order valence-electron chi connectivity index (χ1n) is 11.0. The van der Waals surface area contributed by atoms with Crippen LogP contribution in [0.2, 0.25) is 0 Å². The maximum absolute atomic E-state index is 11.7. The van der Waals surface area contributed by atoms with E-state index in [2.05, 4.69) is 39.1 Å². The Hall–Kier alpha value is -1.64. The molecule has 30 heavy (non-hydrogen) atoms. The number of likely N-dealkylation sites (tertiary alicyclic amines) is 1. The average molecular weight is 438 g/mol. The summed E-state index contributed by atoms with van der Waals surface area (Å²) in [5.41, 5.74) is 1.85. The highest BCUT2D eigenvalue weighted by Gasteiger charge is 2.22. The molecule has 0 aromatic heterocycles. The van der Waals surface area contributed by atoms with Crippen molar-refractivity contribution in [3.05, 3.63) is 35.4 Å². The molecular formula is C22H39N5O2S. The maximum atomic E-state index is 11.7. The first-order chi connectivity index (χ1) is 14.3. The molecule has 0 spiro atoms. The number of hydrogen-bond donors (Lipinski definition) is 3. The quantitative estimate of drug-likeness (QED) is 0.408. The van der Waals surface area contributed by atoms with Crippen molar-refractivity contribution in [2.24, 2.45) is 10.9 Å². The number of benzene rings is 1. The summed E-state index contributed by atoms with van der Waals surface area (Å²) < 4.78 is 25.7. The van der Waals surface area contributed by atoms with Crippen LogP contribution in [0.25, 0.3) is 0 Å². The molecule has 1 aliphatic rings. The van der Waals surface area contributed by atoms with E-state index >= 15 is 0 Å². The molecule has 3 N–H and O–H groups in total. The van der Waals surface area contributed by atoms with Crippen LogP contribution in [-0.2, 0) is 22.3 Å². The maximum Gasteiger partial charge on any atom is 0.215 e. The number of guanidine groups is 1. The molecular weight excluding hydrogens is 398 g/mol. The fourth-order valence-corrected chi connectivity index (χ4v) is 4.64. The van der Waals surface area contributed by atoms with Gasteiger partial charge in [-0.05, 0) is 50.0 Å². The molecule has 1 aromatic rings. The van der Waals surface area contributed by atoms with Crippen molar-refractivity contribution >= 4 is 16.0 Å². The van der Waals surface area contributed by atoms with Crippen LogP contribution in [0.15, 0.2) is 29.3 Å². The topological polar surface area (TPSA) is 85.8 Å². The number of hydrogen-bond acceptors (Lipinski definition) is 4. The molecule has 1 aromatic carbocycles. The van der Waals surface area contributed by atoms with Gasteiger partial charge in [-0.25, -0.2) is 13.1 Å². The third-order valence-electron chi connectivity index (χ3n) is 5.73. The lowest BCUT2D eigenvalue weighted by Gasteiger charge is -2.34. The van der Waals surface area contributed by atoms with E-state index in [1.807, 2.05) is 24.3 Å². The standard InChI is InChI=1S/C22H39N5O2S/c1-18(2)21(27-13-7-5-6-8-14-27)16-26-22(23-3)25-15-19-9-11-20(12-10-19)17-30(28,29)24-4/h9-12,18,21,24H,5-8,13-17H2,1-4H3,(H2,23,25,26). The Morgan fingerprint density at radius 2 is 1.63 bits per heavy atom. The van der Waals surface area contributed by atoms with E-state index in [0.717, 1.165) is 23.6 Å². The molecule has 0 radical (unpaired) electrons. The highest BCUT2D eigenvalue weighted by molar-refractivity contribution is 7.88. The second-order valence-electron chi connectivity index (χ2n) is 8.35. The van der Waals surface area contributed by atoms with Crippen LogP contribution in [0.5, 0.6) is 0 Å². The second kappa shape index (κ2) is 12.3. The van der Waals surface area contributed by atoms with Crippen LogP contribution in [0, 0.1) is 5.92 Å². The molecule has 0 aliphatic carbocycles. The average Bonchev–Trinajstić information content (AvgIpc) is 3.00. The molecule has 1 aliphatic heterocycles. The number of sulfonamides is 1. The largest absolute Gasteiger partial charge is 0.355 e. The Kier molecular flexibility index (Phi) is 10.1. The Morgan fingerprint density at radius 1 is 1.03 bits per heavy atom. The van der Waals surface area contributed by atoms with E-state index in [9.17, 15) is 8.42 Å². The molecule has 1 heterocycles. The minimum absolute atomic E-state index is 0.00643. The van der Waals surface area contributed by atoms with E-state index in [-0.39, 0.29) is 5.75 Å². The van der Waals surface area contributed by atoms with Crippen LogP contribution in [0.1, 0.15) is 50.7 Å². The summed E-state index contributed by atoms with van der Waals surface area (Å²) in [5, 5.41) is 6.86. The zero-order valence-corrected chi connectivity index (χ0v) is 19.8. The van der Waals surface area contributed by atoms with Crippen molar-refractivity contribution in [2.45, 2.75) is 57.9 Å². The Labute approximate surface area is 182 Å². The van der Waals surface area contributed by atoms with Gasteiger partial charge in [0.05, 0.1) is 5.75 Å². The minimum Gasteiger partial charge on any atom is -0.355 e. The van der Waals surface area contributed by atoms with Crippen molar-refractivity contribution in [2.75, 3.05) is 33.7 Å². The van der Waals surface area contributed by atoms with Gasteiger partial charge in [-0.1, -0.05) is 51.0 Å². The molecule has 8 heteroatoms. The van der Waals surface area contributed by atoms with Gasteiger partial charge in [-0.3, -0.25) is 9.89 Å². The summed E-state index contributed by atoms with van der Waals surface area (Å²) in [6.07, 6.45) is 5.28. The third kappa shape index (κ3) is 8.24. The molecule has 1 saturated heterocycles. The van der Waals surface area contributed by atoms with Crippen molar-refractivity contribution in [1.82, 2.24) is 20.3 Å². The van der Waals surface area contributed by atoms with Crippen molar-refractivity contribution in [3.63, 3.8) is 0 Å². The highest BCUT2D eigenvalue weighted by atomic mass is 32.2. The fraction of sp³-hybridized carbons (Fsp3) is 0.682. The summed E-state index contributed by atoms with van der Waals surface area (Å²) in [6.45, 7) is 8.47. The molecule has 1 unspecified atom stereocenters. The van der Waals surface area contributed by atoms with Gasteiger partial charge in [-0.15, -0.1) is 0 Å². The van der Waals surface area contributed by atoms with Gasteiger partial charge in [-0.2, -0.15) is 0 Å². The van der Waals surface area contributed by atoms with Gasteiger partial charge >= 0.3 is 0 Å². The lowest BCUT2D eigenvalue weighted by atomic mass is 10.0. The zero-order valence-electron chi connectivity index (χ0n) is 18.9. The highest BCUT2D eigenvalue weighted by Crippen LogP contribution is 2.17. The van der Waals surface area contributed by atoms with Gasteiger partial charge in [0.1, 0.15) is 0 Å². The lowest BCUT2D eigenvalue weighted by molar-refractivity contribution is 0.161. The summed E-state index contributed by atoms with van der Waals surface area (Å²) in [5.74, 6) is 1.36. The minimum atomic E-state index is -3.25. The van der Waals surface area contributed by atoms with E-state index in [1.54, 1.807) is 7.05 Å². The predicted octanol–water partition coefficient (Wildman–Crippen LogP) is 2.30. The van der Waals surface area contributed by atoms with Crippen LogP contribution >= 0.6 is 0 Å². The second-order valence-corrected chi connectivity index (χ2v) is 10.3. The zero-order chi connectivity index (χ0) is 22.0. The fourth-order valence-electron chi connectivity index (χ4n) is 3.87. The van der Waals surface area contributed by atoms with E-state index in [4.69, 9.17) is 0 Å². The molecule has 1 atom stereocenters. The summed E-state index contributed by atoms with van der Waals surface area (Å²) in [6, 6.07) is 8.12. The first kappa shape index (κ1) is 24.6. The van der Waals surface area contributed by atoms with Crippen molar-refractivity contribution in [1.29, 1.82) is 0 Å². The van der Waals surface area contributed by atoms with E-state index in [1.165, 1.54) is 45.8 Å². The van der Waals surface area contributed by atoms with Gasteiger partial charge < -0.3 is 10.6 Å². The normalized spacial score (nSPS) is 17.6. The third-order valence-corrected chi connectivity index (χ3v) is 7.07. The van der Waals surface area contributed by atoms with Gasteiger partial charge in [0, 0.05) is 26.2 Å². The number of aliphatic imine (C=N–C) groups is 1. The van der Waals surface area contributed by atoms with E-state index in [0.29, 0.717) is 18.5 Å². The van der Waals surface area contributed by atoms with Gasteiger partial charge in [0.15, 0.2) is 5.96 Å². The molecule has 0 bridgehead atoms. The Morgan fingerprint density at radius 3 is 2.17 bits per heavy atom. The van der Waals surface area contributed by atoms with E-state index < -0.39 is 10.0 Å². The van der Waals surface area contributed by atoms with Crippen molar-refractivity contribution in [3.8, 4) is 0 Å². The number of nitrogens with one attached hydrogen (secondary N) is 3. The van der Waals surface area contributed by atoms with Crippen LogP contribution in [0.4, 0.5) is 0 Å². The first-order valence-corrected chi connectivity index (χ1v) is 12.7. The van der Waals surface area contributed by atoms with Gasteiger partial charge in [0.25, 0.3) is 0 Å². The molecule has 170 valence electrons. The predicted molar refractivity (Wildman–Crippen MR) is 125 cm³/mol. The summed E-state index contributed by atoms with van der Waals surface area (Å²) in [4.78, 5) is 7.00. The molecule has 1 fully saturated rings. The lowest BCUT2D eigenvalue weighted by Crippen LogP contribution is -2.49. The molecule has 7 nitrogen and oxygen atoms in total. The van der Waals surface area contributed by atoms with Crippen LogP contribution in [-0.4, -0.2) is 59.0 Å². The summed E-state index contributed by atoms with van der Waals surface area (Å²) in [7, 11) is -0.0257. The van der Waals surface area contributed by atoms with Gasteiger partial charge in [0.2, 0.25) is 10.0 Å². The SMILES string of the molecule is CN=C(NCc1ccc(CS(=O)(=O)NC)cc1)NCC(C(C)C)N1CCCCCC1. The molecule has 0 saturated carbocycles. The van der Waals surface area contributed by atoms with Crippen molar-refractivity contribution < 1.29 is 8.42 Å². The summed E-state index contributed by atoms with van der Waals surface area (Å²) >= 11 is 0.